The molecule has 2 heterocycles. The van der Waals surface area contributed by atoms with E-state index in [0.717, 1.165) is 24.5 Å². The number of hydrogen-bond donors (Lipinski definition) is 1. The minimum absolute atomic E-state index is 0.0414. The highest BCUT2D eigenvalue weighted by atomic mass is 16.3. The van der Waals surface area contributed by atoms with Gasteiger partial charge in [0.15, 0.2) is 0 Å². The van der Waals surface area contributed by atoms with E-state index < -0.39 is 0 Å². The van der Waals surface area contributed by atoms with E-state index in [1.807, 2.05) is 19.1 Å². The Labute approximate surface area is 176 Å². The van der Waals surface area contributed by atoms with Gasteiger partial charge in [-0.1, -0.05) is 48.0 Å². The van der Waals surface area contributed by atoms with Gasteiger partial charge in [-0.3, -0.25) is 4.79 Å². The van der Waals surface area contributed by atoms with Crippen molar-refractivity contribution >= 4 is 16.8 Å². The Bertz CT molecular complexity index is 1200. The van der Waals surface area contributed by atoms with Gasteiger partial charge in [0.25, 0.3) is 0 Å². The van der Waals surface area contributed by atoms with E-state index in [1.165, 1.54) is 27.6 Å². The molecule has 4 heteroatoms. The molecule has 0 bridgehead atoms. The van der Waals surface area contributed by atoms with Crippen molar-refractivity contribution in [2.75, 3.05) is 0 Å². The van der Waals surface area contributed by atoms with Crippen molar-refractivity contribution in [1.82, 2.24) is 9.88 Å². The number of aromatic nitrogens is 1. The number of carbonyl (C=O) groups is 1. The molecular formula is C26H26N2O2. The summed E-state index contributed by atoms with van der Waals surface area (Å²) in [6, 6.07) is 21.0. The van der Waals surface area contributed by atoms with Gasteiger partial charge in [-0.15, -0.1) is 0 Å². The number of furan rings is 1. The van der Waals surface area contributed by atoms with Gasteiger partial charge in [-0.05, 0) is 55.5 Å². The minimum atomic E-state index is 0.0414. The van der Waals surface area contributed by atoms with Gasteiger partial charge in [0.2, 0.25) is 5.91 Å². The van der Waals surface area contributed by atoms with Crippen molar-refractivity contribution in [2.45, 2.75) is 39.3 Å². The molecule has 4 nitrogen and oxygen atoms in total. The molecule has 1 aliphatic rings. The Morgan fingerprint density at radius 2 is 1.87 bits per heavy atom. The van der Waals surface area contributed by atoms with Crippen molar-refractivity contribution in [1.29, 1.82) is 0 Å². The molecule has 152 valence electrons. The number of aryl methyl sites for hydroxylation is 2. The first kappa shape index (κ1) is 18.7. The lowest BCUT2D eigenvalue weighted by Crippen LogP contribution is -2.24. The van der Waals surface area contributed by atoms with Gasteiger partial charge in [-0.25, -0.2) is 0 Å². The van der Waals surface area contributed by atoms with Gasteiger partial charge >= 0.3 is 0 Å². The molecule has 4 aromatic rings. The van der Waals surface area contributed by atoms with Gasteiger partial charge in [0.05, 0.1) is 6.54 Å². The molecule has 5 rings (SSSR count). The molecule has 0 unspecified atom stereocenters. The molecule has 2 atom stereocenters. The van der Waals surface area contributed by atoms with Crippen molar-refractivity contribution in [2.24, 2.45) is 5.92 Å². The number of nitrogens with one attached hydrogen (secondary N) is 1. The summed E-state index contributed by atoms with van der Waals surface area (Å²) >= 11 is 0. The van der Waals surface area contributed by atoms with Crippen molar-refractivity contribution in [3.8, 4) is 0 Å². The molecule has 2 aromatic carbocycles. The van der Waals surface area contributed by atoms with Crippen LogP contribution in [0.15, 0.2) is 71.3 Å². The SMILES string of the molecule is Cc1ccc(Cn2cc([C@H]3C[C@@H]3C(=O)NCc3ccc(C)o3)c3ccccc32)cc1. The number of rotatable bonds is 6. The molecule has 1 N–H and O–H groups in total. The standard InChI is InChI=1S/C26H26N2O2/c1-17-7-10-19(11-8-17)15-28-16-24(21-5-3-4-6-25(21)28)22-13-23(22)26(29)27-14-20-12-9-18(2)30-20/h3-12,16,22-23H,13-15H2,1-2H3,(H,27,29)/t22-,23-/m0/s1. The monoisotopic (exact) mass is 398 g/mol. The Kier molecular flexibility index (Phi) is 4.70. The van der Waals surface area contributed by atoms with E-state index in [9.17, 15) is 4.79 Å². The second kappa shape index (κ2) is 7.52. The fourth-order valence-electron chi connectivity index (χ4n) is 4.31. The summed E-state index contributed by atoms with van der Waals surface area (Å²) in [5, 5.41) is 4.29. The summed E-state index contributed by atoms with van der Waals surface area (Å²) in [6.07, 6.45) is 3.15. The first-order valence-electron chi connectivity index (χ1n) is 10.5. The summed E-state index contributed by atoms with van der Waals surface area (Å²) in [6.45, 7) is 5.31. The normalized spacial score (nSPS) is 17.9. The molecule has 0 aliphatic heterocycles. The Balaban J connectivity index is 1.33. The number of carbonyl (C=O) groups excluding carboxylic acids is 1. The van der Waals surface area contributed by atoms with Crippen LogP contribution in [0.25, 0.3) is 10.9 Å². The fourth-order valence-corrected chi connectivity index (χ4v) is 4.31. The molecule has 1 aliphatic carbocycles. The number of amides is 1. The molecule has 1 amide bonds. The molecule has 1 fully saturated rings. The largest absolute Gasteiger partial charge is 0.465 e. The average molecular weight is 399 g/mol. The third-order valence-electron chi connectivity index (χ3n) is 6.05. The first-order valence-corrected chi connectivity index (χ1v) is 10.5. The summed E-state index contributed by atoms with van der Waals surface area (Å²) in [5.41, 5.74) is 5.07. The van der Waals surface area contributed by atoms with E-state index in [0.29, 0.717) is 6.54 Å². The zero-order valence-corrected chi connectivity index (χ0v) is 17.4. The topological polar surface area (TPSA) is 47.2 Å². The lowest BCUT2D eigenvalue weighted by molar-refractivity contribution is -0.122. The van der Waals surface area contributed by atoms with Crippen LogP contribution in [0.3, 0.4) is 0 Å². The van der Waals surface area contributed by atoms with Gasteiger partial charge < -0.3 is 14.3 Å². The van der Waals surface area contributed by atoms with Gasteiger partial charge in [0, 0.05) is 29.6 Å². The smallest absolute Gasteiger partial charge is 0.224 e. The third-order valence-corrected chi connectivity index (χ3v) is 6.05. The molecule has 0 radical (unpaired) electrons. The highest BCUT2D eigenvalue weighted by Gasteiger charge is 2.45. The second-order valence-electron chi connectivity index (χ2n) is 8.39. The fraction of sp³-hybridized carbons (Fsp3) is 0.269. The maximum Gasteiger partial charge on any atom is 0.224 e. The number of fused-ring (bicyclic) bond motifs is 1. The van der Waals surface area contributed by atoms with E-state index in [-0.39, 0.29) is 17.7 Å². The summed E-state index contributed by atoms with van der Waals surface area (Å²) in [7, 11) is 0. The van der Waals surface area contributed by atoms with Crippen LogP contribution in [0, 0.1) is 19.8 Å². The molecule has 1 saturated carbocycles. The lowest BCUT2D eigenvalue weighted by atomic mass is 10.1. The number of para-hydroxylation sites is 1. The van der Waals surface area contributed by atoms with E-state index in [4.69, 9.17) is 4.42 Å². The first-order chi connectivity index (χ1) is 14.6. The summed E-state index contributed by atoms with van der Waals surface area (Å²) in [5.74, 6) is 2.11. The van der Waals surface area contributed by atoms with Gasteiger partial charge in [0.1, 0.15) is 11.5 Å². The van der Waals surface area contributed by atoms with Crippen LogP contribution in [0.5, 0.6) is 0 Å². The molecule has 2 aromatic heterocycles. The van der Waals surface area contributed by atoms with Gasteiger partial charge in [-0.2, -0.15) is 0 Å². The summed E-state index contributed by atoms with van der Waals surface area (Å²) in [4.78, 5) is 12.7. The second-order valence-corrected chi connectivity index (χ2v) is 8.39. The average Bonchev–Trinajstić information content (AvgIpc) is 3.31. The van der Waals surface area contributed by atoms with Crippen LogP contribution in [0.1, 0.15) is 40.5 Å². The highest BCUT2D eigenvalue weighted by molar-refractivity contribution is 5.89. The number of benzene rings is 2. The molecule has 30 heavy (non-hydrogen) atoms. The number of hydrogen-bond acceptors (Lipinski definition) is 2. The molecule has 0 spiro atoms. The zero-order chi connectivity index (χ0) is 20.7. The summed E-state index contributed by atoms with van der Waals surface area (Å²) < 4.78 is 7.87. The Morgan fingerprint density at radius 3 is 2.63 bits per heavy atom. The van der Waals surface area contributed by atoms with Crippen LogP contribution in [-0.4, -0.2) is 10.5 Å². The van der Waals surface area contributed by atoms with E-state index >= 15 is 0 Å². The quantitative estimate of drug-likeness (QED) is 0.478. The predicted octanol–water partition coefficient (Wildman–Crippen LogP) is 5.32. The van der Waals surface area contributed by atoms with Crippen molar-refractivity contribution in [3.63, 3.8) is 0 Å². The van der Waals surface area contributed by atoms with Crippen LogP contribution < -0.4 is 5.32 Å². The number of nitrogens with zero attached hydrogens (tertiary/aromatic N) is 1. The molecule has 0 saturated heterocycles. The maximum atomic E-state index is 12.7. The zero-order valence-electron chi connectivity index (χ0n) is 17.4. The van der Waals surface area contributed by atoms with Crippen LogP contribution in [0.2, 0.25) is 0 Å². The maximum absolute atomic E-state index is 12.7. The minimum Gasteiger partial charge on any atom is -0.465 e. The van der Waals surface area contributed by atoms with E-state index in [2.05, 4.69) is 71.5 Å². The third kappa shape index (κ3) is 3.65. The highest BCUT2D eigenvalue weighted by Crippen LogP contribution is 2.50. The van der Waals surface area contributed by atoms with Crippen LogP contribution in [0.4, 0.5) is 0 Å². The van der Waals surface area contributed by atoms with Crippen molar-refractivity contribution in [3.05, 3.63) is 95.1 Å². The molecular weight excluding hydrogens is 372 g/mol. The van der Waals surface area contributed by atoms with Crippen LogP contribution in [-0.2, 0) is 17.9 Å². The lowest BCUT2D eigenvalue weighted by Gasteiger charge is -2.06. The van der Waals surface area contributed by atoms with Crippen LogP contribution >= 0.6 is 0 Å². The predicted molar refractivity (Wildman–Crippen MR) is 118 cm³/mol. The van der Waals surface area contributed by atoms with Crippen molar-refractivity contribution < 1.29 is 9.21 Å². The Hall–Kier alpha value is -3.27. The Morgan fingerprint density at radius 1 is 1.07 bits per heavy atom. The van der Waals surface area contributed by atoms with E-state index in [1.54, 1.807) is 0 Å².